The van der Waals surface area contributed by atoms with Gasteiger partial charge in [-0.05, 0) is 68.6 Å². The smallest absolute Gasteiger partial charge is 0.251 e. The number of carbonyl (C=O) groups is 2. The molecule has 0 aromatic heterocycles. The fourth-order valence-electron chi connectivity index (χ4n) is 5.04. The van der Waals surface area contributed by atoms with Gasteiger partial charge in [-0.3, -0.25) is 9.59 Å². The normalized spacial score (nSPS) is 30.0. The van der Waals surface area contributed by atoms with E-state index in [4.69, 9.17) is 0 Å². The van der Waals surface area contributed by atoms with Crippen LogP contribution in [0.25, 0.3) is 0 Å². The minimum Gasteiger partial charge on any atom is -0.349 e. The molecular formula is C20H26N2O2. The first-order chi connectivity index (χ1) is 11.6. The zero-order valence-corrected chi connectivity index (χ0v) is 14.3. The Bertz CT molecular complexity index is 657. The molecule has 1 aromatic carbocycles. The molecule has 2 aliphatic carbocycles. The fraction of sp³-hybridized carbons (Fsp3) is 0.600. The Hall–Kier alpha value is -1.84. The van der Waals surface area contributed by atoms with E-state index < -0.39 is 0 Å². The summed E-state index contributed by atoms with van der Waals surface area (Å²) >= 11 is 0. The van der Waals surface area contributed by atoms with Gasteiger partial charge in [0, 0.05) is 30.3 Å². The van der Waals surface area contributed by atoms with Crippen molar-refractivity contribution in [1.29, 1.82) is 0 Å². The maximum atomic E-state index is 12.7. The summed E-state index contributed by atoms with van der Waals surface area (Å²) in [6.45, 7) is 2.91. The topological polar surface area (TPSA) is 49.4 Å². The summed E-state index contributed by atoms with van der Waals surface area (Å²) in [6.07, 6.45) is 6.86. The predicted molar refractivity (Wildman–Crippen MR) is 93.9 cm³/mol. The van der Waals surface area contributed by atoms with Gasteiger partial charge in [-0.15, -0.1) is 0 Å². The molecule has 1 aromatic rings. The Balaban J connectivity index is 1.43. The van der Waals surface area contributed by atoms with Crippen LogP contribution in [0.5, 0.6) is 0 Å². The van der Waals surface area contributed by atoms with Crippen LogP contribution in [0.15, 0.2) is 24.3 Å². The van der Waals surface area contributed by atoms with E-state index in [1.807, 2.05) is 24.3 Å². The number of rotatable bonds is 4. The molecule has 24 heavy (non-hydrogen) atoms. The molecule has 4 unspecified atom stereocenters. The number of anilines is 1. The van der Waals surface area contributed by atoms with Crippen LogP contribution in [0, 0.1) is 17.8 Å². The molecule has 2 saturated carbocycles. The van der Waals surface area contributed by atoms with Crippen molar-refractivity contribution in [2.45, 2.75) is 51.5 Å². The van der Waals surface area contributed by atoms with Gasteiger partial charge in [0.2, 0.25) is 5.91 Å². The monoisotopic (exact) mass is 326 g/mol. The van der Waals surface area contributed by atoms with E-state index in [1.54, 1.807) is 4.90 Å². The molecule has 1 saturated heterocycles. The third-order valence-electron chi connectivity index (χ3n) is 6.29. The van der Waals surface area contributed by atoms with E-state index in [0.29, 0.717) is 17.9 Å². The van der Waals surface area contributed by atoms with Crippen molar-refractivity contribution in [3.8, 4) is 0 Å². The summed E-state index contributed by atoms with van der Waals surface area (Å²) < 4.78 is 0. The van der Waals surface area contributed by atoms with E-state index in [-0.39, 0.29) is 17.9 Å². The number of carbonyl (C=O) groups excluding carboxylic acids is 2. The maximum absolute atomic E-state index is 12.7. The number of benzene rings is 1. The third kappa shape index (κ3) is 2.83. The average Bonchev–Trinajstić information content (AvgIpc) is 3.31. The van der Waals surface area contributed by atoms with Crippen LogP contribution in [-0.4, -0.2) is 24.4 Å². The minimum atomic E-state index is -0.0150. The second kappa shape index (κ2) is 6.23. The van der Waals surface area contributed by atoms with Crippen molar-refractivity contribution in [3.63, 3.8) is 0 Å². The zero-order valence-electron chi connectivity index (χ0n) is 14.3. The number of nitrogens with one attached hydrogen (secondary N) is 1. The van der Waals surface area contributed by atoms with E-state index in [1.165, 1.54) is 25.7 Å². The Morgan fingerprint density at radius 3 is 2.83 bits per heavy atom. The number of hydrogen-bond acceptors (Lipinski definition) is 2. The molecule has 1 heterocycles. The van der Waals surface area contributed by atoms with Crippen molar-refractivity contribution < 1.29 is 9.59 Å². The van der Waals surface area contributed by atoms with Crippen LogP contribution in [0.4, 0.5) is 5.69 Å². The first-order valence-corrected chi connectivity index (χ1v) is 9.33. The summed E-state index contributed by atoms with van der Waals surface area (Å²) in [5.41, 5.74) is 1.50. The molecule has 2 amide bonds. The Kier molecular flexibility index (Phi) is 4.07. The van der Waals surface area contributed by atoms with Gasteiger partial charge in [0.15, 0.2) is 0 Å². The predicted octanol–water partition coefficient (Wildman–Crippen LogP) is 3.37. The Labute approximate surface area is 143 Å². The molecule has 4 rings (SSSR count). The van der Waals surface area contributed by atoms with Crippen molar-refractivity contribution in [1.82, 2.24) is 5.32 Å². The van der Waals surface area contributed by atoms with Crippen LogP contribution in [-0.2, 0) is 4.79 Å². The van der Waals surface area contributed by atoms with Crippen molar-refractivity contribution in [3.05, 3.63) is 29.8 Å². The molecule has 4 atom stereocenters. The van der Waals surface area contributed by atoms with Crippen molar-refractivity contribution in [2.24, 2.45) is 17.8 Å². The molecule has 4 heteroatoms. The molecule has 1 aliphatic heterocycles. The highest BCUT2D eigenvalue weighted by molar-refractivity contribution is 5.99. The molecule has 4 nitrogen and oxygen atoms in total. The largest absolute Gasteiger partial charge is 0.349 e. The average molecular weight is 326 g/mol. The fourth-order valence-corrected chi connectivity index (χ4v) is 5.04. The van der Waals surface area contributed by atoms with E-state index >= 15 is 0 Å². The van der Waals surface area contributed by atoms with E-state index in [9.17, 15) is 9.59 Å². The second-order valence-corrected chi connectivity index (χ2v) is 7.80. The van der Waals surface area contributed by atoms with Gasteiger partial charge in [-0.1, -0.05) is 12.5 Å². The number of nitrogens with zero attached hydrogens (tertiary/aromatic N) is 1. The first kappa shape index (κ1) is 15.7. The van der Waals surface area contributed by atoms with E-state index in [0.717, 1.165) is 30.5 Å². The number of fused-ring (bicyclic) bond motifs is 2. The molecule has 1 N–H and O–H groups in total. The van der Waals surface area contributed by atoms with Gasteiger partial charge in [-0.25, -0.2) is 0 Å². The summed E-state index contributed by atoms with van der Waals surface area (Å²) in [7, 11) is 0. The Morgan fingerprint density at radius 2 is 2.17 bits per heavy atom. The van der Waals surface area contributed by atoms with Gasteiger partial charge >= 0.3 is 0 Å². The molecule has 2 bridgehead atoms. The molecule has 3 aliphatic rings. The lowest BCUT2D eigenvalue weighted by Gasteiger charge is -2.28. The number of hydrogen-bond donors (Lipinski definition) is 1. The zero-order chi connectivity index (χ0) is 16.7. The molecule has 3 fully saturated rings. The lowest BCUT2D eigenvalue weighted by Crippen LogP contribution is -2.40. The highest BCUT2D eigenvalue weighted by Gasteiger charge is 2.42. The lowest BCUT2D eigenvalue weighted by atomic mass is 9.84. The molecule has 128 valence electrons. The van der Waals surface area contributed by atoms with Gasteiger partial charge in [-0.2, -0.15) is 0 Å². The van der Waals surface area contributed by atoms with E-state index in [2.05, 4.69) is 12.2 Å². The van der Waals surface area contributed by atoms with Gasteiger partial charge in [0.05, 0.1) is 0 Å². The molecule has 0 radical (unpaired) electrons. The maximum Gasteiger partial charge on any atom is 0.251 e. The summed E-state index contributed by atoms with van der Waals surface area (Å²) in [4.78, 5) is 26.3. The quantitative estimate of drug-likeness (QED) is 0.922. The summed E-state index contributed by atoms with van der Waals surface area (Å²) in [5, 5.41) is 3.21. The third-order valence-corrected chi connectivity index (χ3v) is 6.29. The van der Waals surface area contributed by atoms with Crippen LogP contribution in [0.3, 0.4) is 0 Å². The van der Waals surface area contributed by atoms with Crippen LogP contribution in [0.1, 0.15) is 55.8 Å². The van der Waals surface area contributed by atoms with Gasteiger partial charge < -0.3 is 10.2 Å². The van der Waals surface area contributed by atoms with Crippen LogP contribution >= 0.6 is 0 Å². The SMILES string of the molecule is CC(NC(=O)c1cccc(N2CCCC2=O)c1)C1CC2CCC1C2. The van der Waals surface area contributed by atoms with Crippen molar-refractivity contribution >= 4 is 17.5 Å². The highest BCUT2D eigenvalue weighted by Crippen LogP contribution is 2.49. The lowest BCUT2D eigenvalue weighted by molar-refractivity contribution is -0.117. The van der Waals surface area contributed by atoms with Crippen LogP contribution in [0.2, 0.25) is 0 Å². The summed E-state index contributed by atoms with van der Waals surface area (Å²) in [6, 6.07) is 7.71. The van der Waals surface area contributed by atoms with Crippen molar-refractivity contribution in [2.75, 3.05) is 11.4 Å². The molecular weight excluding hydrogens is 300 g/mol. The Morgan fingerprint density at radius 1 is 1.29 bits per heavy atom. The second-order valence-electron chi connectivity index (χ2n) is 7.80. The number of amides is 2. The highest BCUT2D eigenvalue weighted by atomic mass is 16.2. The van der Waals surface area contributed by atoms with Gasteiger partial charge in [0.25, 0.3) is 5.91 Å². The minimum absolute atomic E-state index is 0.0150. The van der Waals surface area contributed by atoms with Gasteiger partial charge in [0.1, 0.15) is 0 Å². The standard InChI is InChI=1S/C20H26N2O2/c1-13(18-11-14-7-8-15(18)10-14)21-20(24)16-4-2-5-17(12-16)22-9-3-6-19(22)23/h2,4-5,12-15,18H,3,6-11H2,1H3,(H,21,24). The molecule has 0 spiro atoms. The first-order valence-electron chi connectivity index (χ1n) is 9.33. The summed E-state index contributed by atoms with van der Waals surface area (Å²) in [5.74, 6) is 2.47. The van der Waals surface area contributed by atoms with Crippen LogP contribution < -0.4 is 10.2 Å².